The van der Waals surface area contributed by atoms with Gasteiger partial charge in [-0.15, -0.1) is 0 Å². The summed E-state index contributed by atoms with van der Waals surface area (Å²) < 4.78 is 36.9. The number of amides is 1. The summed E-state index contributed by atoms with van der Waals surface area (Å²) in [5, 5.41) is 0. The van der Waals surface area contributed by atoms with E-state index in [0.29, 0.717) is 0 Å². The number of benzene rings is 1. The molecule has 0 N–H and O–H groups in total. The number of phosphoric ester groups is 1. The van der Waals surface area contributed by atoms with Gasteiger partial charge in [0.1, 0.15) is 5.60 Å². The topological polar surface area (TPSA) is 91.4 Å². The zero-order valence-corrected chi connectivity index (χ0v) is 28.7. The molecule has 1 aromatic carbocycles. The third kappa shape index (κ3) is 13.7. The number of rotatable bonds is 14. The molecule has 0 aliphatic carbocycles. The van der Waals surface area contributed by atoms with E-state index in [4.69, 9.17) is 18.3 Å². The van der Waals surface area contributed by atoms with Gasteiger partial charge in [-0.2, -0.15) is 0 Å². The Balaban J connectivity index is 2.15. The van der Waals surface area contributed by atoms with Gasteiger partial charge in [0.15, 0.2) is 5.78 Å². The van der Waals surface area contributed by atoms with E-state index >= 15 is 0 Å². The molecule has 1 aromatic rings. The molecule has 0 radical (unpaired) electrons. The third-order valence-corrected chi connectivity index (χ3v) is 8.63. The Kier molecular flexibility index (Phi) is 13.3. The Morgan fingerprint density at radius 1 is 0.810 bits per heavy atom. The van der Waals surface area contributed by atoms with Crippen molar-refractivity contribution in [2.45, 2.75) is 156 Å². The van der Waals surface area contributed by atoms with Crippen LogP contribution in [0.1, 0.15) is 125 Å². The average Bonchev–Trinajstić information content (AvgIpc) is 3.22. The van der Waals surface area contributed by atoms with Crippen molar-refractivity contribution in [2.24, 2.45) is 0 Å². The lowest BCUT2D eigenvalue weighted by Gasteiger charge is -2.32. The molecular weight excluding hydrogens is 553 g/mol. The predicted molar refractivity (Wildman–Crippen MR) is 168 cm³/mol. The summed E-state index contributed by atoms with van der Waals surface area (Å²) in [4.78, 5) is 28.2. The van der Waals surface area contributed by atoms with Crippen LogP contribution in [0.4, 0.5) is 4.79 Å². The quantitative estimate of drug-likeness (QED) is 0.154. The SMILES string of the molecule is CCCCCCCCc1ccc(CC(=O)[C@H]2C[C@H](OP(=O)(OC(C)(C)C)OC(C)(C)C)CN2C(=O)OC(C)(C)C)cc1. The summed E-state index contributed by atoms with van der Waals surface area (Å²) in [6, 6.07) is 7.38. The molecule has 1 heterocycles. The molecule has 1 amide bonds. The second kappa shape index (κ2) is 15.3. The molecule has 2 atom stereocenters. The molecule has 42 heavy (non-hydrogen) atoms. The normalized spacial score (nSPS) is 18.4. The number of carbonyl (C=O) groups excluding carboxylic acids is 2. The highest BCUT2D eigenvalue weighted by atomic mass is 31.2. The van der Waals surface area contributed by atoms with E-state index in [-0.39, 0.29) is 25.2 Å². The first-order valence-electron chi connectivity index (χ1n) is 15.6. The molecule has 1 aliphatic heterocycles. The van der Waals surface area contributed by atoms with Gasteiger partial charge in [-0.1, -0.05) is 63.3 Å². The first kappa shape index (κ1) is 36.5. The van der Waals surface area contributed by atoms with E-state index in [9.17, 15) is 14.2 Å². The van der Waals surface area contributed by atoms with E-state index in [1.54, 1.807) is 62.3 Å². The zero-order valence-electron chi connectivity index (χ0n) is 27.8. The van der Waals surface area contributed by atoms with Crippen LogP contribution < -0.4 is 0 Å². The van der Waals surface area contributed by atoms with Crippen LogP contribution in [-0.4, -0.2) is 52.3 Å². The average molecular weight is 610 g/mol. The standard InChI is InChI=1S/C33H56NO7P/c1-11-12-13-14-15-16-17-25-18-20-26(21-19-25)22-29(35)28-23-27(24-34(28)30(36)38-31(2,3)4)39-42(37,40-32(5,6)7)41-33(8,9)10/h18-21,27-28H,11-17,22-24H2,1-10H3/t27-,28+/m0/s1. The number of likely N-dealkylation sites (tertiary alicyclic amines) is 1. The van der Waals surface area contributed by atoms with Gasteiger partial charge in [-0.25, -0.2) is 9.36 Å². The lowest BCUT2D eigenvalue weighted by molar-refractivity contribution is -0.122. The van der Waals surface area contributed by atoms with Crippen LogP contribution in [0.2, 0.25) is 0 Å². The molecule has 240 valence electrons. The van der Waals surface area contributed by atoms with Crippen molar-refractivity contribution < 1.29 is 32.5 Å². The predicted octanol–water partition coefficient (Wildman–Crippen LogP) is 8.83. The van der Waals surface area contributed by atoms with Crippen molar-refractivity contribution in [2.75, 3.05) is 6.54 Å². The number of ether oxygens (including phenoxy) is 1. The summed E-state index contributed by atoms with van der Waals surface area (Å²) in [5.74, 6) is -0.126. The van der Waals surface area contributed by atoms with Crippen molar-refractivity contribution in [3.63, 3.8) is 0 Å². The van der Waals surface area contributed by atoms with Gasteiger partial charge < -0.3 is 4.74 Å². The number of phosphoric acid groups is 1. The van der Waals surface area contributed by atoms with Crippen LogP contribution in [0.5, 0.6) is 0 Å². The maximum Gasteiger partial charge on any atom is 0.476 e. The van der Waals surface area contributed by atoms with Crippen LogP contribution in [-0.2, 0) is 40.5 Å². The fourth-order valence-electron chi connectivity index (χ4n) is 4.87. The molecule has 0 bridgehead atoms. The van der Waals surface area contributed by atoms with Gasteiger partial charge in [0.25, 0.3) is 0 Å². The molecule has 0 spiro atoms. The van der Waals surface area contributed by atoms with Crippen molar-refractivity contribution in [1.82, 2.24) is 4.90 Å². The summed E-state index contributed by atoms with van der Waals surface area (Å²) in [6.45, 7) is 18.2. The lowest BCUT2D eigenvalue weighted by atomic mass is 9.99. The van der Waals surface area contributed by atoms with E-state index in [0.717, 1.165) is 18.4 Å². The molecular formula is C33H56NO7P. The van der Waals surface area contributed by atoms with Gasteiger partial charge in [0, 0.05) is 12.8 Å². The van der Waals surface area contributed by atoms with Crippen LogP contribution in [0.25, 0.3) is 0 Å². The molecule has 1 aliphatic rings. The first-order chi connectivity index (χ1) is 19.3. The molecule has 0 saturated carbocycles. The molecule has 8 nitrogen and oxygen atoms in total. The fraction of sp³-hybridized carbons (Fsp3) is 0.758. The number of aryl methyl sites for hydroxylation is 1. The van der Waals surface area contributed by atoms with E-state index in [1.165, 1.54) is 42.6 Å². The first-order valence-corrected chi connectivity index (χ1v) is 17.1. The molecule has 0 unspecified atom stereocenters. The van der Waals surface area contributed by atoms with Crippen LogP contribution in [0.3, 0.4) is 0 Å². The van der Waals surface area contributed by atoms with E-state index in [1.807, 2.05) is 12.1 Å². The van der Waals surface area contributed by atoms with Crippen LogP contribution >= 0.6 is 7.82 Å². The Morgan fingerprint density at radius 2 is 1.33 bits per heavy atom. The maximum atomic E-state index is 13.8. The monoisotopic (exact) mass is 609 g/mol. The van der Waals surface area contributed by atoms with Gasteiger partial charge in [0.2, 0.25) is 0 Å². The van der Waals surface area contributed by atoms with Gasteiger partial charge in [0.05, 0.1) is 29.9 Å². The number of nitrogens with zero attached hydrogens (tertiary/aromatic N) is 1. The summed E-state index contributed by atoms with van der Waals surface area (Å²) in [7, 11) is -4.05. The highest BCUT2D eigenvalue weighted by Gasteiger charge is 2.47. The third-order valence-electron chi connectivity index (χ3n) is 6.53. The number of hydrogen-bond donors (Lipinski definition) is 0. The van der Waals surface area contributed by atoms with Crippen LogP contribution in [0.15, 0.2) is 24.3 Å². The zero-order chi connectivity index (χ0) is 31.8. The number of hydrogen-bond acceptors (Lipinski definition) is 7. The smallest absolute Gasteiger partial charge is 0.444 e. The molecule has 1 fully saturated rings. The van der Waals surface area contributed by atoms with E-state index in [2.05, 4.69) is 19.1 Å². The molecule has 2 rings (SSSR count). The van der Waals surface area contributed by atoms with Crippen LogP contribution in [0, 0.1) is 0 Å². The Hall–Kier alpha value is -1.73. The highest BCUT2D eigenvalue weighted by Crippen LogP contribution is 2.57. The largest absolute Gasteiger partial charge is 0.476 e. The maximum absolute atomic E-state index is 13.8. The summed E-state index contributed by atoms with van der Waals surface area (Å²) >= 11 is 0. The number of unbranched alkanes of at least 4 members (excludes halogenated alkanes) is 5. The van der Waals surface area contributed by atoms with Gasteiger partial charge in [-0.05, 0) is 86.3 Å². The Morgan fingerprint density at radius 3 is 1.86 bits per heavy atom. The van der Waals surface area contributed by atoms with E-state index < -0.39 is 42.9 Å². The Labute approximate surface area is 254 Å². The van der Waals surface area contributed by atoms with Crippen molar-refractivity contribution in [3.05, 3.63) is 35.4 Å². The van der Waals surface area contributed by atoms with Gasteiger partial charge in [-0.3, -0.25) is 23.3 Å². The minimum Gasteiger partial charge on any atom is -0.444 e. The van der Waals surface area contributed by atoms with Crippen molar-refractivity contribution in [3.8, 4) is 0 Å². The number of Topliss-reactive ketones (excluding diaryl/α,β-unsaturated/α-hetero) is 1. The molecule has 9 heteroatoms. The van der Waals surface area contributed by atoms with Crippen molar-refractivity contribution in [1.29, 1.82) is 0 Å². The second-order valence-electron chi connectivity index (χ2n) is 14.4. The molecule has 1 saturated heterocycles. The number of ketones is 1. The minimum atomic E-state index is -4.05. The summed E-state index contributed by atoms with van der Waals surface area (Å²) in [6.07, 6.45) is 7.56. The fourth-order valence-corrected chi connectivity index (χ4v) is 6.85. The van der Waals surface area contributed by atoms with Gasteiger partial charge >= 0.3 is 13.9 Å². The lowest BCUT2D eigenvalue weighted by Crippen LogP contribution is -2.44. The highest BCUT2D eigenvalue weighted by molar-refractivity contribution is 7.48. The van der Waals surface area contributed by atoms with Crippen molar-refractivity contribution >= 4 is 19.7 Å². The number of carbonyl (C=O) groups is 2. The Bertz CT molecular complexity index is 1030. The second-order valence-corrected chi connectivity index (χ2v) is 15.9. The minimum absolute atomic E-state index is 0.0352. The summed E-state index contributed by atoms with van der Waals surface area (Å²) in [5.41, 5.74) is -0.200. The molecule has 0 aromatic heterocycles.